The third kappa shape index (κ3) is 8.53. The second-order valence-corrected chi connectivity index (χ2v) is 22.7. The van der Waals surface area contributed by atoms with Gasteiger partial charge in [0.15, 0.2) is 24.5 Å². The Hall–Kier alpha value is -2.00. The van der Waals surface area contributed by atoms with E-state index in [2.05, 4.69) is 19.9 Å². The molecule has 9 rings (SSSR count). The topological polar surface area (TPSA) is 331 Å². The molecule has 0 amide bonds. The fourth-order valence-corrected chi connectivity index (χ4v) is 14.9. The molecule has 5 aliphatic carbocycles. The number of fused-ring (bicyclic) bond motifs is 7. The number of aliphatic hydroxyl groups excluding tert-OH is 10. The minimum Gasteiger partial charge on any atom is -0.462 e. The highest BCUT2D eigenvalue weighted by Crippen LogP contribution is 2.70. The van der Waals surface area contributed by atoms with E-state index in [4.69, 9.17) is 37.9 Å². The highest BCUT2D eigenvalue weighted by Gasteiger charge is 2.68. The number of carbonyl (C=O) groups excluding carboxylic acids is 2. The maximum absolute atomic E-state index is 13.0. The number of esters is 2. The summed E-state index contributed by atoms with van der Waals surface area (Å²) in [5.41, 5.74) is -1.73. The molecule has 0 unspecified atom stereocenters. The van der Waals surface area contributed by atoms with Crippen LogP contribution >= 0.6 is 0 Å². The van der Waals surface area contributed by atoms with Crippen molar-refractivity contribution in [2.75, 3.05) is 19.8 Å². The average Bonchev–Trinajstić information content (AvgIpc) is 3.82. The minimum absolute atomic E-state index is 0.0420. The summed E-state index contributed by atoms with van der Waals surface area (Å²) in [7, 11) is 0. The van der Waals surface area contributed by atoms with Crippen LogP contribution in [0.3, 0.4) is 0 Å². The molecule has 4 saturated carbocycles. The van der Waals surface area contributed by atoms with Gasteiger partial charge in [-0.25, -0.2) is 4.79 Å². The molecule has 27 atom stereocenters. The molecule has 11 N–H and O–H groups in total. The number of carbonyl (C=O) groups is 2. The van der Waals surface area contributed by atoms with Gasteiger partial charge in [0.1, 0.15) is 85.5 Å². The van der Waals surface area contributed by atoms with Crippen LogP contribution in [-0.4, -0.2) is 204 Å². The Morgan fingerprint density at radius 2 is 1.30 bits per heavy atom. The molecule has 2 bridgehead atoms. The summed E-state index contributed by atoms with van der Waals surface area (Å²) in [5.74, 6) is 0.156. The van der Waals surface area contributed by atoms with E-state index < -0.39 is 153 Å². The van der Waals surface area contributed by atoms with E-state index in [9.17, 15) is 65.8 Å². The number of ether oxygens (including phenoxy) is 8. The van der Waals surface area contributed by atoms with Gasteiger partial charge in [0.25, 0.3) is 0 Å². The fraction of sp³-hybridized carbons (Fsp3) is 0.917. The Morgan fingerprint density at radius 1 is 0.710 bits per heavy atom. The Balaban J connectivity index is 0.960. The third-order valence-corrected chi connectivity index (χ3v) is 19.1. The average molecular weight is 987 g/mol. The summed E-state index contributed by atoms with van der Waals surface area (Å²) in [4.78, 5) is 26.0. The molecular weight excluding hydrogens is 913 g/mol. The second-order valence-electron chi connectivity index (χ2n) is 22.7. The van der Waals surface area contributed by atoms with Crippen LogP contribution in [0, 0.1) is 45.8 Å². The summed E-state index contributed by atoms with van der Waals surface area (Å²) >= 11 is 0. The van der Waals surface area contributed by atoms with Gasteiger partial charge in [-0.05, 0) is 93.3 Å². The Labute approximate surface area is 400 Å². The summed E-state index contributed by atoms with van der Waals surface area (Å²) < 4.78 is 47.9. The minimum atomic E-state index is -1.90. The van der Waals surface area contributed by atoms with Gasteiger partial charge in [0, 0.05) is 24.2 Å². The molecule has 9 aliphatic rings. The molecule has 4 aliphatic heterocycles. The van der Waals surface area contributed by atoms with E-state index in [1.54, 1.807) is 6.92 Å². The molecule has 8 fully saturated rings. The van der Waals surface area contributed by atoms with Gasteiger partial charge in [0.2, 0.25) is 0 Å². The van der Waals surface area contributed by atoms with Crippen LogP contribution in [0.2, 0.25) is 0 Å². The maximum Gasteiger partial charge on any atom is 0.338 e. The van der Waals surface area contributed by atoms with E-state index in [0.717, 1.165) is 44.1 Å². The first kappa shape index (κ1) is 51.9. The second kappa shape index (κ2) is 19.0. The van der Waals surface area contributed by atoms with Gasteiger partial charge in [-0.15, -0.1) is 0 Å². The highest BCUT2D eigenvalue weighted by atomic mass is 16.8. The number of hydrogen-bond acceptors (Lipinski definition) is 21. The fourth-order valence-electron chi connectivity index (χ4n) is 14.9. The molecule has 21 heteroatoms. The Bertz CT molecular complexity index is 1910. The lowest BCUT2D eigenvalue weighted by atomic mass is 9.46. The molecule has 21 nitrogen and oxygen atoms in total. The van der Waals surface area contributed by atoms with Crippen LogP contribution < -0.4 is 0 Å². The highest BCUT2D eigenvalue weighted by molar-refractivity contribution is 5.81. The zero-order valence-corrected chi connectivity index (χ0v) is 39.8. The van der Waals surface area contributed by atoms with E-state index in [0.29, 0.717) is 24.7 Å². The smallest absolute Gasteiger partial charge is 0.338 e. The molecular formula is C48H74O21. The van der Waals surface area contributed by atoms with Crippen molar-refractivity contribution >= 4 is 11.9 Å². The molecule has 4 heterocycles. The lowest BCUT2D eigenvalue weighted by Crippen LogP contribution is -2.65. The van der Waals surface area contributed by atoms with E-state index in [-0.39, 0.29) is 35.7 Å². The van der Waals surface area contributed by atoms with Gasteiger partial charge in [-0.2, -0.15) is 0 Å². The summed E-state index contributed by atoms with van der Waals surface area (Å²) in [6.07, 6.45) is -18.2. The van der Waals surface area contributed by atoms with E-state index in [1.165, 1.54) is 6.92 Å². The van der Waals surface area contributed by atoms with E-state index in [1.807, 2.05) is 6.92 Å². The van der Waals surface area contributed by atoms with Gasteiger partial charge in [-0.3, -0.25) is 4.79 Å². The largest absolute Gasteiger partial charge is 0.462 e. The first-order chi connectivity index (χ1) is 32.5. The van der Waals surface area contributed by atoms with Crippen molar-refractivity contribution in [3.8, 4) is 0 Å². The van der Waals surface area contributed by atoms with Crippen molar-refractivity contribution in [2.24, 2.45) is 45.8 Å². The lowest BCUT2D eigenvalue weighted by molar-refractivity contribution is -0.377. The van der Waals surface area contributed by atoms with Crippen LogP contribution in [-0.2, 0) is 47.5 Å². The summed E-state index contributed by atoms with van der Waals surface area (Å²) in [5, 5.41) is 117. The van der Waals surface area contributed by atoms with E-state index >= 15 is 0 Å². The van der Waals surface area contributed by atoms with Crippen LogP contribution in [0.1, 0.15) is 92.4 Å². The van der Waals surface area contributed by atoms with Crippen molar-refractivity contribution in [3.05, 3.63) is 11.6 Å². The normalized spacial score (nSPS) is 55.0. The van der Waals surface area contributed by atoms with Crippen LogP contribution in [0.4, 0.5) is 0 Å². The van der Waals surface area contributed by atoms with Crippen LogP contribution in [0.15, 0.2) is 11.6 Å². The van der Waals surface area contributed by atoms with Gasteiger partial charge in [-0.1, -0.05) is 32.4 Å². The number of aliphatic hydroxyl groups is 11. The lowest BCUT2D eigenvalue weighted by Gasteiger charge is -2.60. The summed E-state index contributed by atoms with van der Waals surface area (Å²) in [6.45, 7) is 7.40. The first-order valence-corrected chi connectivity index (χ1v) is 24.8. The molecule has 0 aromatic carbocycles. The van der Waals surface area contributed by atoms with Gasteiger partial charge in [0.05, 0.1) is 25.9 Å². The van der Waals surface area contributed by atoms with Gasteiger partial charge < -0.3 is 94.1 Å². The van der Waals surface area contributed by atoms with Crippen molar-refractivity contribution in [1.82, 2.24) is 0 Å². The predicted octanol–water partition coefficient (Wildman–Crippen LogP) is -1.97. The molecule has 0 radical (unpaired) electrons. The quantitative estimate of drug-likeness (QED) is 0.0790. The van der Waals surface area contributed by atoms with Crippen molar-refractivity contribution in [3.63, 3.8) is 0 Å². The number of rotatable bonds is 11. The monoisotopic (exact) mass is 986 g/mol. The summed E-state index contributed by atoms with van der Waals surface area (Å²) in [6, 6.07) is 0. The SMILES string of the molecule is CC(=O)O[C@H]1C[C@H](O[C@@H]2O[C@H](CO[C@@H]3O[C@H](CO)[C@@H](O)[C@H](O)[C@H]3O)[C@@H](O)[C@H](O)[C@H]2O[C@@H]2O[C@H](CO)[C@@H](O)[C@H](O)[C@H]2O)CC2=CC[C@H]3[C@@H]4CC[C@H]([C@@H]5C[C@]6(C)C[C@H]5OC(=O)[C@]6(C)O)[C@@]4(C)CC[C@@H]3[C@]21C. The van der Waals surface area contributed by atoms with Crippen LogP contribution in [0.5, 0.6) is 0 Å². The van der Waals surface area contributed by atoms with Crippen molar-refractivity contribution in [1.29, 1.82) is 0 Å². The van der Waals surface area contributed by atoms with Crippen LogP contribution in [0.25, 0.3) is 0 Å². The zero-order chi connectivity index (χ0) is 49.9. The third-order valence-electron chi connectivity index (χ3n) is 19.1. The maximum atomic E-state index is 13.0. The van der Waals surface area contributed by atoms with Crippen molar-refractivity contribution < 1.29 is 104 Å². The van der Waals surface area contributed by atoms with Gasteiger partial charge >= 0.3 is 11.9 Å². The number of hydrogen-bond donors (Lipinski definition) is 11. The molecule has 0 aromatic heterocycles. The molecule has 0 aromatic rings. The molecule has 4 saturated heterocycles. The Kier molecular flexibility index (Phi) is 14.3. The Morgan fingerprint density at radius 3 is 1.94 bits per heavy atom. The molecule has 392 valence electrons. The molecule has 0 spiro atoms. The first-order valence-electron chi connectivity index (χ1n) is 24.8. The standard InChI is InChI=1S/C48H74O21/c1-19(51)63-31-13-21(12-20-6-7-22-24-8-9-25(46(24,3)11-10-26(22)47(20,31)4)23-14-45(2)15-27(23)68-44(60)48(45,5)61)64-43-40(69-42-39(59)36(56)33(53)29(17-50)66-42)37(57)34(54)30(67-43)18-62-41-38(58)35(55)32(52)28(16-49)65-41/h6,21-43,49-50,52-59,61H,7-18H2,1-5H3/t21-,22+,23+,24+,25-,26+,27-,28-,29-,30-,31+,32-,33-,34-,35+,36+,37+,38-,39-,40-,41-,42+,43-,45-,46+,47+,48+/m1/s1. The van der Waals surface area contributed by atoms with Crippen molar-refractivity contribution in [2.45, 2.75) is 208 Å². The zero-order valence-electron chi connectivity index (χ0n) is 39.8. The predicted molar refractivity (Wildman–Crippen MR) is 231 cm³/mol. The number of allylic oxidation sites excluding steroid dienone is 1. The molecule has 69 heavy (non-hydrogen) atoms.